The van der Waals surface area contributed by atoms with Gasteiger partial charge in [0.15, 0.2) is 11.4 Å². The van der Waals surface area contributed by atoms with E-state index >= 15 is 0 Å². The lowest BCUT2D eigenvalue weighted by molar-refractivity contribution is -0.147. The molecule has 0 spiro atoms. The summed E-state index contributed by atoms with van der Waals surface area (Å²) in [6.45, 7) is 5.86. The lowest BCUT2D eigenvalue weighted by Gasteiger charge is -2.32. The minimum Gasteiger partial charge on any atom is -0.478 e. The second kappa shape index (κ2) is 6.55. The summed E-state index contributed by atoms with van der Waals surface area (Å²) in [4.78, 5) is 19.1. The van der Waals surface area contributed by atoms with E-state index in [2.05, 4.69) is 16.2 Å². The number of nitriles is 1. The number of aryl methyl sites for hydroxylation is 1. The second-order valence-corrected chi connectivity index (χ2v) is 6.58. The molecule has 2 aromatic rings. The van der Waals surface area contributed by atoms with Crippen LogP contribution < -0.4 is 4.74 Å². The highest BCUT2D eigenvalue weighted by molar-refractivity contribution is 5.85. The predicted octanol–water partition coefficient (Wildman–Crippen LogP) is 2.77. The molecule has 1 fully saturated rings. The van der Waals surface area contributed by atoms with Crippen molar-refractivity contribution in [3.05, 3.63) is 41.5 Å². The van der Waals surface area contributed by atoms with Gasteiger partial charge in [-0.05, 0) is 57.9 Å². The van der Waals surface area contributed by atoms with Crippen LogP contribution in [0.5, 0.6) is 5.75 Å². The number of carbonyl (C=O) groups is 1. The standard InChI is InChI=1S/C18H20N4O3/c1-12-20-16(25-21-12)15-5-4-10-22(15)17(23)18(2,3)24-14-8-6-13(11-19)7-9-14/h6-9,15H,4-5,10H2,1-3H3/t15-/m0/s1. The number of amides is 1. The maximum absolute atomic E-state index is 13.0. The molecule has 1 amide bonds. The van der Waals surface area contributed by atoms with Crippen LogP contribution in [0, 0.1) is 18.3 Å². The molecule has 1 aromatic carbocycles. The van der Waals surface area contributed by atoms with Gasteiger partial charge in [0.2, 0.25) is 5.89 Å². The molecule has 0 N–H and O–H groups in total. The van der Waals surface area contributed by atoms with Crippen molar-refractivity contribution in [2.24, 2.45) is 0 Å². The Morgan fingerprint density at radius 3 is 2.72 bits per heavy atom. The summed E-state index contributed by atoms with van der Waals surface area (Å²) in [5.74, 6) is 1.44. The van der Waals surface area contributed by atoms with Gasteiger partial charge in [-0.1, -0.05) is 5.16 Å². The number of nitrogens with zero attached hydrogens (tertiary/aromatic N) is 4. The minimum absolute atomic E-state index is 0.129. The summed E-state index contributed by atoms with van der Waals surface area (Å²) < 4.78 is 11.2. The quantitative estimate of drug-likeness (QED) is 0.850. The van der Waals surface area contributed by atoms with Crippen LogP contribution >= 0.6 is 0 Å². The molecule has 3 rings (SSSR count). The first-order chi connectivity index (χ1) is 11.9. The van der Waals surface area contributed by atoms with Crippen LogP contribution in [-0.2, 0) is 4.79 Å². The van der Waals surface area contributed by atoms with Crippen LogP contribution in [0.4, 0.5) is 0 Å². The fourth-order valence-electron chi connectivity index (χ4n) is 3.00. The Hall–Kier alpha value is -2.88. The van der Waals surface area contributed by atoms with Crippen molar-refractivity contribution in [3.63, 3.8) is 0 Å². The second-order valence-electron chi connectivity index (χ2n) is 6.58. The smallest absolute Gasteiger partial charge is 0.266 e. The number of benzene rings is 1. The van der Waals surface area contributed by atoms with E-state index in [9.17, 15) is 4.79 Å². The predicted molar refractivity (Wildman–Crippen MR) is 88.6 cm³/mol. The van der Waals surface area contributed by atoms with Crippen molar-refractivity contribution >= 4 is 5.91 Å². The van der Waals surface area contributed by atoms with Crippen LogP contribution in [0.15, 0.2) is 28.8 Å². The molecule has 0 saturated carbocycles. The Kier molecular flexibility index (Phi) is 4.45. The molecule has 0 bridgehead atoms. The zero-order valence-electron chi connectivity index (χ0n) is 14.5. The van der Waals surface area contributed by atoms with Crippen LogP contribution in [-0.4, -0.2) is 33.1 Å². The molecule has 1 aliphatic rings. The number of ether oxygens (including phenoxy) is 1. The maximum atomic E-state index is 13.0. The van der Waals surface area contributed by atoms with E-state index in [-0.39, 0.29) is 11.9 Å². The first-order valence-corrected chi connectivity index (χ1v) is 8.21. The van der Waals surface area contributed by atoms with Crippen LogP contribution in [0.1, 0.15) is 50.0 Å². The topological polar surface area (TPSA) is 92.3 Å². The average Bonchev–Trinajstić information content (AvgIpc) is 3.23. The van der Waals surface area contributed by atoms with Crippen LogP contribution in [0.25, 0.3) is 0 Å². The van der Waals surface area contributed by atoms with Gasteiger partial charge in [0.25, 0.3) is 5.91 Å². The third-order valence-corrected chi connectivity index (χ3v) is 4.21. The van der Waals surface area contributed by atoms with Gasteiger partial charge in [-0.15, -0.1) is 0 Å². The average molecular weight is 340 g/mol. The van der Waals surface area contributed by atoms with Crippen molar-refractivity contribution < 1.29 is 14.1 Å². The summed E-state index contributed by atoms with van der Waals surface area (Å²) >= 11 is 0. The fraction of sp³-hybridized carbons (Fsp3) is 0.444. The Labute approximate surface area is 146 Å². The Morgan fingerprint density at radius 2 is 2.12 bits per heavy atom. The summed E-state index contributed by atoms with van der Waals surface area (Å²) in [6.07, 6.45) is 1.67. The van der Waals surface area contributed by atoms with Crippen LogP contribution in [0.2, 0.25) is 0 Å². The monoisotopic (exact) mass is 340 g/mol. The Morgan fingerprint density at radius 1 is 1.40 bits per heavy atom. The molecule has 1 aliphatic heterocycles. The molecule has 130 valence electrons. The van der Waals surface area contributed by atoms with Gasteiger partial charge in [0.1, 0.15) is 11.8 Å². The van der Waals surface area contributed by atoms with E-state index in [1.54, 1.807) is 49.9 Å². The van der Waals surface area contributed by atoms with Crippen molar-refractivity contribution in [2.75, 3.05) is 6.54 Å². The largest absolute Gasteiger partial charge is 0.478 e. The van der Waals surface area contributed by atoms with E-state index in [0.717, 1.165) is 12.8 Å². The minimum atomic E-state index is -1.05. The molecule has 7 nitrogen and oxygen atoms in total. The van der Waals surface area contributed by atoms with E-state index < -0.39 is 5.60 Å². The Balaban J connectivity index is 1.76. The van der Waals surface area contributed by atoms with E-state index in [1.807, 2.05) is 0 Å². The van der Waals surface area contributed by atoms with Gasteiger partial charge in [-0.3, -0.25) is 4.79 Å². The third kappa shape index (κ3) is 3.48. The van der Waals surface area contributed by atoms with E-state index in [1.165, 1.54) is 0 Å². The van der Waals surface area contributed by atoms with Crippen molar-refractivity contribution in [1.82, 2.24) is 15.0 Å². The number of hydrogen-bond acceptors (Lipinski definition) is 6. The molecule has 1 saturated heterocycles. The van der Waals surface area contributed by atoms with Crippen molar-refractivity contribution in [3.8, 4) is 11.8 Å². The zero-order chi connectivity index (χ0) is 18.0. The first-order valence-electron chi connectivity index (χ1n) is 8.21. The SMILES string of the molecule is Cc1noc([C@@H]2CCCN2C(=O)C(C)(C)Oc2ccc(C#N)cc2)n1. The number of carbonyl (C=O) groups excluding carboxylic acids is 1. The lowest BCUT2D eigenvalue weighted by Crippen LogP contribution is -2.48. The van der Waals surface area contributed by atoms with E-state index in [4.69, 9.17) is 14.5 Å². The van der Waals surface area contributed by atoms with Gasteiger partial charge in [-0.2, -0.15) is 10.2 Å². The number of aromatic nitrogens is 2. The highest BCUT2D eigenvalue weighted by Crippen LogP contribution is 2.33. The summed E-state index contributed by atoms with van der Waals surface area (Å²) in [7, 11) is 0. The third-order valence-electron chi connectivity index (χ3n) is 4.21. The first kappa shape index (κ1) is 17.0. The molecule has 1 aromatic heterocycles. The number of rotatable bonds is 4. The molecule has 0 aliphatic carbocycles. The Bertz CT molecular complexity index is 804. The van der Waals surface area contributed by atoms with Gasteiger partial charge < -0.3 is 14.2 Å². The summed E-state index contributed by atoms with van der Waals surface area (Å²) in [5, 5.41) is 12.7. The van der Waals surface area contributed by atoms with Crippen molar-refractivity contribution in [1.29, 1.82) is 5.26 Å². The molecule has 0 unspecified atom stereocenters. The van der Waals surface area contributed by atoms with Gasteiger partial charge in [0, 0.05) is 6.54 Å². The fourth-order valence-corrected chi connectivity index (χ4v) is 3.00. The highest BCUT2D eigenvalue weighted by Gasteiger charge is 2.41. The molecule has 2 heterocycles. The zero-order valence-corrected chi connectivity index (χ0v) is 14.5. The van der Waals surface area contributed by atoms with Gasteiger partial charge in [0.05, 0.1) is 11.6 Å². The van der Waals surface area contributed by atoms with Gasteiger partial charge >= 0.3 is 0 Å². The lowest BCUT2D eigenvalue weighted by atomic mass is 10.1. The molecular formula is C18H20N4O3. The normalized spacial score (nSPS) is 17.4. The number of likely N-dealkylation sites (tertiary alicyclic amines) is 1. The summed E-state index contributed by atoms with van der Waals surface area (Å²) in [5.41, 5.74) is -0.505. The van der Waals surface area contributed by atoms with Crippen LogP contribution in [0.3, 0.4) is 0 Å². The van der Waals surface area contributed by atoms with Crippen molar-refractivity contribution in [2.45, 2.75) is 45.3 Å². The highest BCUT2D eigenvalue weighted by atomic mass is 16.5. The number of hydrogen-bond donors (Lipinski definition) is 0. The van der Waals surface area contributed by atoms with E-state index in [0.29, 0.717) is 29.6 Å². The summed E-state index contributed by atoms with van der Waals surface area (Å²) in [6, 6.07) is 8.55. The molecule has 0 radical (unpaired) electrons. The van der Waals surface area contributed by atoms with Gasteiger partial charge in [-0.25, -0.2) is 0 Å². The molecule has 7 heteroatoms. The maximum Gasteiger partial charge on any atom is 0.266 e. The molecule has 25 heavy (non-hydrogen) atoms. The molecular weight excluding hydrogens is 320 g/mol. The molecule has 1 atom stereocenters.